The second-order valence-corrected chi connectivity index (χ2v) is 5.46. The lowest BCUT2D eigenvalue weighted by atomic mass is 10.2. The fourth-order valence-corrected chi connectivity index (χ4v) is 2.44. The van der Waals surface area contributed by atoms with Crippen molar-refractivity contribution in [1.82, 2.24) is 5.43 Å². The zero-order chi connectivity index (χ0) is 15.9. The topological polar surface area (TPSA) is 59.9 Å². The zero-order valence-corrected chi connectivity index (χ0v) is 14.3. The Morgan fingerprint density at radius 2 is 1.86 bits per heavy atom. The normalized spacial score (nSPS) is 10.5. The molecule has 0 heterocycles. The molecule has 1 amide bonds. The first-order valence-corrected chi connectivity index (χ1v) is 7.53. The van der Waals surface area contributed by atoms with Crippen LogP contribution in [0.4, 0.5) is 0 Å². The standard InChI is InChI=1S/C16H15IN2O3/c1-21-14-8-7-11(9-15(14)22-2)10-18-19-16(20)12-5-3-4-6-13(12)17/h3-10H,1-2H3,(H,19,20)/b18-10-. The Kier molecular flexibility index (Phi) is 5.76. The first-order chi connectivity index (χ1) is 10.7. The van der Waals surface area contributed by atoms with Crippen LogP contribution in [-0.4, -0.2) is 26.3 Å². The van der Waals surface area contributed by atoms with E-state index in [1.807, 2.05) is 24.3 Å². The van der Waals surface area contributed by atoms with Gasteiger partial charge in [-0.25, -0.2) is 5.43 Å². The minimum atomic E-state index is -0.248. The molecule has 5 nitrogen and oxygen atoms in total. The highest BCUT2D eigenvalue weighted by molar-refractivity contribution is 14.1. The molecule has 0 fully saturated rings. The molecule has 6 heteroatoms. The van der Waals surface area contributed by atoms with Crippen LogP contribution >= 0.6 is 22.6 Å². The number of rotatable bonds is 5. The lowest BCUT2D eigenvalue weighted by Gasteiger charge is -2.07. The number of benzene rings is 2. The van der Waals surface area contributed by atoms with Crippen molar-refractivity contribution in [3.05, 3.63) is 57.2 Å². The molecule has 2 rings (SSSR count). The molecule has 0 aliphatic carbocycles. The van der Waals surface area contributed by atoms with Crippen molar-refractivity contribution in [2.24, 2.45) is 5.10 Å². The molecule has 0 atom stereocenters. The molecule has 0 spiro atoms. The summed E-state index contributed by atoms with van der Waals surface area (Å²) in [7, 11) is 3.14. The summed E-state index contributed by atoms with van der Waals surface area (Å²) in [5.74, 6) is 1.000. The Morgan fingerprint density at radius 1 is 1.14 bits per heavy atom. The number of nitrogens with zero attached hydrogens (tertiary/aromatic N) is 1. The van der Waals surface area contributed by atoms with E-state index in [4.69, 9.17) is 9.47 Å². The Balaban J connectivity index is 2.07. The van der Waals surface area contributed by atoms with Crippen LogP contribution < -0.4 is 14.9 Å². The van der Waals surface area contributed by atoms with E-state index in [0.29, 0.717) is 17.1 Å². The smallest absolute Gasteiger partial charge is 0.272 e. The van der Waals surface area contributed by atoms with E-state index in [1.165, 1.54) is 0 Å². The molecule has 0 bridgehead atoms. The van der Waals surface area contributed by atoms with Crippen molar-refractivity contribution in [3.8, 4) is 11.5 Å². The van der Waals surface area contributed by atoms with Crippen LogP contribution in [-0.2, 0) is 0 Å². The van der Waals surface area contributed by atoms with Crippen molar-refractivity contribution >= 4 is 34.7 Å². The third-order valence-electron chi connectivity index (χ3n) is 2.91. The van der Waals surface area contributed by atoms with Crippen LogP contribution in [0.15, 0.2) is 47.6 Å². The number of hydrogen-bond acceptors (Lipinski definition) is 4. The van der Waals surface area contributed by atoms with Crippen LogP contribution in [0.3, 0.4) is 0 Å². The van der Waals surface area contributed by atoms with Crippen molar-refractivity contribution in [3.63, 3.8) is 0 Å². The van der Waals surface area contributed by atoms with E-state index in [1.54, 1.807) is 38.6 Å². The third-order valence-corrected chi connectivity index (χ3v) is 3.85. The second-order valence-electron chi connectivity index (χ2n) is 4.29. The number of carbonyl (C=O) groups excluding carboxylic acids is 1. The second kappa shape index (κ2) is 7.79. The molecular formula is C16H15IN2O3. The summed E-state index contributed by atoms with van der Waals surface area (Å²) >= 11 is 2.11. The summed E-state index contributed by atoms with van der Waals surface area (Å²) in [6.07, 6.45) is 1.55. The molecular weight excluding hydrogens is 395 g/mol. The maximum Gasteiger partial charge on any atom is 0.272 e. The highest BCUT2D eigenvalue weighted by Crippen LogP contribution is 2.26. The summed E-state index contributed by atoms with van der Waals surface area (Å²) in [6, 6.07) is 12.7. The molecule has 1 N–H and O–H groups in total. The number of ether oxygens (including phenoxy) is 2. The van der Waals surface area contributed by atoms with Gasteiger partial charge in [-0.3, -0.25) is 4.79 Å². The Hall–Kier alpha value is -2.09. The van der Waals surface area contributed by atoms with E-state index in [0.717, 1.165) is 9.13 Å². The quantitative estimate of drug-likeness (QED) is 0.468. The van der Waals surface area contributed by atoms with Gasteiger partial charge in [-0.05, 0) is 58.5 Å². The summed E-state index contributed by atoms with van der Waals surface area (Å²) < 4.78 is 11.3. The van der Waals surface area contributed by atoms with E-state index in [2.05, 4.69) is 33.1 Å². The summed E-state index contributed by atoms with van der Waals surface area (Å²) in [6.45, 7) is 0. The average molecular weight is 410 g/mol. The van der Waals surface area contributed by atoms with Gasteiger partial charge in [0.2, 0.25) is 0 Å². The monoisotopic (exact) mass is 410 g/mol. The Labute approximate surface area is 142 Å². The first-order valence-electron chi connectivity index (χ1n) is 6.45. The fraction of sp³-hybridized carbons (Fsp3) is 0.125. The number of methoxy groups -OCH3 is 2. The van der Waals surface area contributed by atoms with E-state index < -0.39 is 0 Å². The van der Waals surface area contributed by atoms with Crippen LogP contribution in [0.5, 0.6) is 11.5 Å². The number of halogens is 1. The van der Waals surface area contributed by atoms with Crippen molar-refractivity contribution in [2.45, 2.75) is 0 Å². The molecule has 2 aromatic carbocycles. The molecule has 114 valence electrons. The zero-order valence-electron chi connectivity index (χ0n) is 12.2. The fourth-order valence-electron chi connectivity index (χ4n) is 1.80. The molecule has 0 saturated heterocycles. The van der Waals surface area contributed by atoms with E-state index in [-0.39, 0.29) is 5.91 Å². The van der Waals surface area contributed by atoms with Gasteiger partial charge in [-0.15, -0.1) is 0 Å². The average Bonchev–Trinajstić information content (AvgIpc) is 2.55. The predicted octanol–water partition coefficient (Wildman–Crippen LogP) is 3.07. The maximum atomic E-state index is 12.0. The molecule has 0 aliphatic heterocycles. The van der Waals surface area contributed by atoms with E-state index in [9.17, 15) is 4.79 Å². The van der Waals surface area contributed by atoms with Gasteiger partial charge in [0.25, 0.3) is 5.91 Å². The van der Waals surface area contributed by atoms with Crippen LogP contribution in [0.25, 0.3) is 0 Å². The van der Waals surface area contributed by atoms with Gasteiger partial charge >= 0.3 is 0 Å². The minimum Gasteiger partial charge on any atom is -0.493 e. The van der Waals surface area contributed by atoms with Gasteiger partial charge in [0, 0.05) is 3.57 Å². The van der Waals surface area contributed by atoms with Gasteiger partial charge in [0.1, 0.15) is 0 Å². The Morgan fingerprint density at radius 3 is 2.55 bits per heavy atom. The van der Waals surface area contributed by atoms with Gasteiger partial charge < -0.3 is 9.47 Å². The van der Waals surface area contributed by atoms with Gasteiger partial charge in [-0.2, -0.15) is 5.10 Å². The van der Waals surface area contributed by atoms with Crippen molar-refractivity contribution in [2.75, 3.05) is 14.2 Å². The predicted molar refractivity (Wildman–Crippen MR) is 93.8 cm³/mol. The first kappa shape index (κ1) is 16.3. The molecule has 0 aromatic heterocycles. The summed E-state index contributed by atoms with van der Waals surface area (Å²) in [5, 5.41) is 3.97. The van der Waals surface area contributed by atoms with Crippen LogP contribution in [0.2, 0.25) is 0 Å². The number of carbonyl (C=O) groups is 1. The van der Waals surface area contributed by atoms with Gasteiger partial charge in [0.05, 0.1) is 26.0 Å². The maximum absolute atomic E-state index is 12.0. The molecule has 0 unspecified atom stereocenters. The highest BCUT2D eigenvalue weighted by atomic mass is 127. The van der Waals surface area contributed by atoms with Gasteiger partial charge in [-0.1, -0.05) is 12.1 Å². The lowest BCUT2D eigenvalue weighted by Crippen LogP contribution is -2.18. The van der Waals surface area contributed by atoms with E-state index >= 15 is 0 Å². The largest absolute Gasteiger partial charge is 0.493 e. The highest BCUT2D eigenvalue weighted by Gasteiger charge is 2.07. The molecule has 2 aromatic rings. The number of hydrogen-bond donors (Lipinski definition) is 1. The minimum absolute atomic E-state index is 0.248. The third kappa shape index (κ3) is 3.97. The van der Waals surface area contributed by atoms with Crippen LogP contribution in [0, 0.1) is 3.57 Å². The van der Waals surface area contributed by atoms with Gasteiger partial charge in [0.15, 0.2) is 11.5 Å². The van der Waals surface area contributed by atoms with Crippen molar-refractivity contribution in [1.29, 1.82) is 0 Å². The van der Waals surface area contributed by atoms with Crippen LogP contribution in [0.1, 0.15) is 15.9 Å². The number of hydrazone groups is 1. The molecule has 0 saturated carbocycles. The molecule has 0 radical (unpaired) electrons. The lowest BCUT2D eigenvalue weighted by molar-refractivity contribution is 0.0954. The molecule has 0 aliphatic rings. The Bertz CT molecular complexity index is 702. The summed E-state index contributed by atoms with van der Waals surface area (Å²) in [4.78, 5) is 12.0. The van der Waals surface area contributed by atoms with Crippen molar-refractivity contribution < 1.29 is 14.3 Å². The summed E-state index contributed by atoms with van der Waals surface area (Å²) in [5.41, 5.74) is 3.89. The molecule has 22 heavy (non-hydrogen) atoms. The number of nitrogens with one attached hydrogen (secondary N) is 1. The number of amides is 1. The SMILES string of the molecule is COc1ccc(/C=N\NC(=O)c2ccccc2I)cc1OC.